The van der Waals surface area contributed by atoms with Crippen LogP contribution in [-0.2, 0) is 4.79 Å². The van der Waals surface area contributed by atoms with E-state index in [2.05, 4.69) is 0 Å². The van der Waals surface area contributed by atoms with Gasteiger partial charge in [0.15, 0.2) is 23.9 Å². The smallest absolute Gasteiger partial charge is 0.341 e. The van der Waals surface area contributed by atoms with Gasteiger partial charge in [-0.1, -0.05) is 18.2 Å². The fourth-order valence-corrected chi connectivity index (χ4v) is 2.34. The van der Waals surface area contributed by atoms with Gasteiger partial charge in [0.1, 0.15) is 5.75 Å². The second-order valence-corrected chi connectivity index (χ2v) is 5.37. The summed E-state index contributed by atoms with van der Waals surface area (Å²) in [5.74, 6) is 0.263. The van der Waals surface area contributed by atoms with E-state index in [1.54, 1.807) is 42.5 Å². The second-order valence-electron chi connectivity index (χ2n) is 5.37. The van der Waals surface area contributed by atoms with Gasteiger partial charge in [0, 0.05) is 5.56 Å². The number of hydrogen-bond donors (Lipinski definition) is 1. The Bertz CT molecular complexity index is 830. The molecule has 0 aliphatic carbocycles. The van der Waals surface area contributed by atoms with Gasteiger partial charge in [-0.15, -0.1) is 0 Å². The number of carbonyl (C=O) groups is 2. The summed E-state index contributed by atoms with van der Waals surface area (Å²) in [5, 5.41) is 8.66. The summed E-state index contributed by atoms with van der Waals surface area (Å²) in [6.07, 6.45) is 3.01. The Morgan fingerprint density at radius 3 is 2.22 bits per heavy atom. The summed E-state index contributed by atoms with van der Waals surface area (Å²) in [5.41, 5.74) is 1.07. The summed E-state index contributed by atoms with van der Waals surface area (Å²) in [4.78, 5) is 23.1. The number of carboxylic acid groups (broad SMARTS) is 1. The molecule has 0 radical (unpaired) electrons. The van der Waals surface area contributed by atoms with Crippen molar-refractivity contribution >= 4 is 17.8 Å². The molecule has 0 unspecified atom stereocenters. The molecule has 7 nitrogen and oxygen atoms in total. The molecule has 0 aliphatic rings. The van der Waals surface area contributed by atoms with Crippen LogP contribution in [-0.4, -0.2) is 44.8 Å². The Hall–Kier alpha value is -3.48. The highest BCUT2D eigenvalue weighted by molar-refractivity contribution is 6.07. The molecule has 0 aliphatic heterocycles. The molecule has 0 spiro atoms. The van der Waals surface area contributed by atoms with Crippen LogP contribution in [0.3, 0.4) is 0 Å². The minimum atomic E-state index is -1.06. The third-order valence-corrected chi connectivity index (χ3v) is 3.60. The predicted octanol–water partition coefficient (Wildman–Crippen LogP) is 3.07. The summed E-state index contributed by atoms with van der Waals surface area (Å²) in [6.45, 7) is -0.433. The Labute approximate surface area is 156 Å². The van der Waals surface area contributed by atoms with Crippen LogP contribution in [0, 0.1) is 0 Å². The molecule has 0 saturated heterocycles. The summed E-state index contributed by atoms with van der Waals surface area (Å²) >= 11 is 0. The largest absolute Gasteiger partial charge is 0.493 e. The van der Waals surface area contributed by atoms with E-state index in [0.29, 0.717) is 34.1 Å². The monoisotopic (exact) mass is 372 g/mol. The SMILES string of the molecule is COc1cc(C(=O)/C=C/c2cccc(OCC(=O)O)c2)cc(OC)c1OC. The molecule has 7 heteroatoms. The van der Waals surface area contributed by atoms with Crippen molar-refractivity contribution in [1.82, 2.24) is 0 Å². The van der Waals surface area contributed by atoms with E-state index in [4.69, 9.17) is 24.1 Å². The number of hydrogen-bond acceptors (Lipinski definition) is 6. The average molecular weight is 372 g/mol. The molecule has 0 bridgehead atoms. The van der Waals surface area contributed by atoms with Crippen LogP contribution in [0.15, 0.2) is 42.5 Å². The zero-order chi connectivity index (χ0) is 19.8. The Morgan fingerprint density at radius 1 is 1.00 bits per heavy atom. The van der Waals surface area contributed by atoms with E-state index in [9.17, 15) is 9.59 Å². The van der Waals surface area contributed by atoms with Crippen LogP contribution in [0.1, 0.15) is 15.9 Å². The lowest BCUT2D eigenvalue weighted by molar-refractivity contribution is -0.139. The first-order valence-electron chi connectivity index (χ1n) is 7.95. The summed E-state index contributed by atoms with van der Waals surface area (Å²) < 4.78 is 20.9. The lowest BCUT2D eigenvalue weighted by Gasteiger charge is -2.13. The van der Waals surface area contributed by atoms with Crippen molar-refractivity contribution in [3.8, 4) is 23.0 Å². The molecular formula is C20H20O7. The first-order valence-corrected chi connectivity index (χ1v) is 7.95. The van der Waals surface area contributed by atoms with Crippen LogP contribution >= 0.6 is 0 Å². The zero-order valence-electron chi connectivity index (χ0n) is 15.2. The van der Waals surface area contributed by atoms with Crippen LogP contribution in [0.4, 0.5) is 0 Å². The number of ketones is 1. The maximum Gasteiger partial charge on any atom is 0.341 e. The average Bonchev–Trinajstić information content (AvgIpc) is 2.69. The molecule has 2 aromatic carbocycles. The van der Waals surface area contributed by atoms with Gasteiger partial charge in [0.25, 0.3) is 0 Å². The summed E-state index contributed by atoms with van der Waals surface area (Å²) in [6, 6.07) is 9.90. The van der Waals surface area contributed by atoms with E-state index < -0.39 is 12.6 Å². The molecule has 2 rings (SSSR count). The molecular weight excluding hydrogens is 352 g/mol. The molecule has 0 aromatic heterocycles. The third-order valence-electron chi connectivity index (χ3n) is 3.60. The van der Waals surface area contributed by atoms with E-state index in [1.165, 1.54) is 27.4 Å². The molecule has 0 fully saturated rings. The molecule has 0 amide bonds. The zero-order valence-corrected chi connectivity index (χ0v) is 15.2. The van der Waals surface area contributed by atoms with Gasteiger partial charge in [0.2, 0.25) is 5.75 Å². The number of allylic oxidation sites excluding steroid dienone is 1. The van der Waals surface area contributed by atoms with Gasteiger partial charge in [-0.25, -0.2) is 4.79 Å². The van der Waals surface area contributed by atoms with E-state index in [-0.39, 0.29) is 5.78 Å². The standard InChI is InChI=1S/C20H20O7/c1-24-17-10-14(11-18(25-2)20(17)26-3)16(21)8-7-13-5-4-6-15(9-13)27-12-19(22)23/h4-11H,12H2,1-3H3,(H,22,23)/b8-7+. The third kappa shape index (κ3) is 5.24. The number of rotatable bonds is 9. The van der Waals surface area contributed by atoms with E-state index >= 15 is 0 Å². The summed E-state index contributed by atoms with van der Waals surface area (Å²) in [7, 11) is 4.44. The van der Waals surface area contributed by atoms with Crippen LogP contribution in [0.2, 0.25) is 0 Å². The minimum absolute atomic E-state index is 0.258. The van der Waals surface area contributed by atoms with Gasteiger partial charge < -0.3 is 24.1 Å². The van der Waals surface area contributed by atoms with E-state index in [0.717, 1.165) is 0 Å². The lowest BCUT2D eigenvalue weighted by atomic mass is 10.1. The lowest BCUT2D eigenvalue weighted by Crippen LogP contribution is -2.09. The molecule has 2 aromatic rings. The molecule has 0 atom stereocenters. The van der Waals surface area contributed by atoms with Crippen molar-refractivity contribution < 1.29 is 33.6 Å². The van der Waals surface area contributed by atoms with Crippen LogP contribution in [0.5, 0.6) is 23.0 Å². The Morgan fingerprint density at radius 2 is 1.67 bits per heavy atom. The van der Waals surface area contributed by atoms with Gasteiger partial charge in [-0.3, -0.25) is 4.79 Å². The number of carboxylic acids is 1. The molecule has 142 valence electrons. The topological polar surface area (TPSA) is 91.3 Å². The first kappa shape index (κ1) is 19.8. The Balaban J connectivity index is 2.22. The van der Waals surface area contributed by atoms with Crippen LogP contribution < -0.4 is 18.9 Å². The van der Waals surface area contributed by atoms with Crippen molar-refractivity contribution in [2.45, 2.75) is 0 Å². The minimum Gasteiger partial charge on any atom is -0.493 e. The van der Waals surface area contributed by atoms with Crippen LogP contribution in [0.25, 0.3) is 6.08 Å². The van der Waals surface area contributed by atoms with Gasteiger partial charge >= 0.3 is 5.97 Å². The Kier molecular flexibility index (Phi) is 6.82. The normalized spacial score (nSPS) is 10.5. The predicted molar refractivity (Wildman–Crippen MR) is 99.0 cm³/mol. The molecule has 27 heavy (non-hydrogen) atoms. The van der Waals surface area contributed by atoms with E-state index in [1.807, 2.05) is 0 Å². The number of methoxy groups -OCH3 is 3. The highest BCUT2D eigenvalue weighted by atomic mass is 16.5. The fourth-order valence-electron chi connectivity index (χ4n) is 2.34. The van der Waals surface area contributed by atoms with Gasteiger partial charge in [-0.05, 0) is 35.9 Å². The second kappa shape index (κ2) is 9.28. The molecule has 1 N–H and O–H groups in total. The molecule has 0 saturated carbocycles. The fraction of sp³-hybridized carbons (Fsp3) is 0.200. The molecule has 0 heterocycles. The maximum absolute atomic E-state index is 12.5. The first-order chi connectivity index (χ1) is 13.0. The van der Waals surface area contributed by atoms with Crippen molar-refractivity contribution in [3.05, 3.63) is 53.6 Å². The van der Waals surface area contributed by atoms with Gasteiger partial charge in [-0.2, -0.15) is 0 Å². The number of carbonyl (C=O) groups excluding carboxylic acids is 1. The highest BCUT2D eigenvalue weighted by Crippen LogP contribution is 2.38. The van der Waals surface area contributed by atoms with Crippen molar-refractivity contribution in [1.29, 1.82) is 0 Å². The number of ether oxygens (including phenoxy) is 4. The maximum atomic E-state index is 12.5. The van der Waals surface area contributed by atoms with Gasteiger partial charge in [0.05, 0.1) is 21.3 Å². The van der Waals surface area contributed by atoms with Crippen molar-refractivity contribution in [2.75, 3.05) is 27.9 Å². The number of aliphatic carboxylic acids is 1. The van der Waals surface area contributed by atoms with Crippen molar-refractivity contribution in [3.63, 3.8) is 0 Å². The highest BCUT2D eigenvalue weighted by Gasteiger charge is 2.15. The number of benzene rings is 2. The quantitative estimate of drug-likeness (QED) is 0.534. The van der Waals surface area contributed by atoms with Crippen molar-refractivity contribution in [2.24, 2.45) is 0 Å².